The second-order valence-electron chi connectivity index (χ2n) is 3.45. The van der Waals surface area contributed by atoms with Gasteiger partial charge in [0.25, 0.3) is 0 Å². The molecular formula is C9H17F. The molecule has 0 nitrogen and oxygen atoms in total. The summed E-state index contributed by atoms with van der Waals surface area (Å²) in [5.41, 5.74) is 0. The van der Waals surface area contributed by atoms with Gasteiger partial charge >= 0.3 is 0 Å². The highest BCUT2D eigenvalue weighted by molar-refractivity contribution is 4.70. The number of halogens is 1. The van der Waals surface area contributed by atoms with Crippen LogP contribution in [0.2, 0.25) is 0 Å². The van der Waals surface area contributed by atoms with Crippen molar-refractivity contribution in [3.63, 3.8) is 0 Å². The molecule has 0 saturated heterocycles. The summed E-state index contributed by atoms with van der Waals surface area (Å²) in [6, 6.07) is 0. The van der Waals surface area contributed by atoms with Crippen molar-refractivity contribution < 1.29 is 4.39 Å². The van der Waals surface area contributed by atoms with Crippen LogP contribution in [0.25, 0.3) is 0 Å². The van der Waals surface area contributed by atoms with E-state index in [1.54, 1.807) is 0 Å². The van der Waals surface area contributed by atoms with E-state index in [2.05, 4.69) is 6.92 Å². The fourth-order valence-corrected chi connectivity index (χ4v) is 1.79. The molecule has 0 aromatic carbocycles. The van der Waals surface area contributed by atoms with Crippen LogP contribution in [0.3, 0.4) is 0 Å². The van der Waals surface area contributed by atoms with Crippen LogP contribution in [-0.4, -0.2) is 6.67 Å². The first-order chi connectivity index (χ1) is 4.86. The molecule has 0 aromatic heterocycles. The van der Waals surface area contributed by atoms with E-state index in [0.29, 0.717) is 5.92 Å². The summed E-state index contributed by atoms with van der Waals surface area (Å²) in [5.74, 6) is 1.31. The molecule has 1 aliphatic carbocycles. The van der Waals surface area contributed by atoms with Gasteiger partial charge in [0.05, 0.1) is 6.67 Å². The van der Waals surface area contributed by atoms with Crippen LogP contribution in [0.4, 0.5) is 4.39 Å². The Morgan fingerprint density at radius 1 is 1.10 bits per heavy atom. The zero-order chi connectivity index (χ0) is 7.40. The third-order valence-corrected chi connectivity index (χ3v) is 2.76. The molecular weight excluding hydrogens is 127 g/mol. The Morgan fingerprint density at radius 2 is 1.60 bits per heavy atom. The molecule has 1 saturated carbocycles. The van der Waals surface area contributed by atoms with Crippen LogP contribution < -0.4 is 0 Å². The van der Waals surface area contributed by atoms with Crippen LogP contribution >= 0.6 is 0 Å². The van der Waals surface area contributed by atoms with E-state index in [9.17, 15) is 4.39 Å². The average molecular weight is 144 g/mol. The number of hydrogen-bond acceptors (Lipinski definition) is 0. The average Bonchev–Trinajstić information content (AvgIpc) is 2.05. The van der Waals surface area contributed by atoms with Crippen LogP contribution in [-0.2, 0) is 0 Å². The lowest BCUT2D eigenvalue weighted by molar-refractivity contribution is 0.228. The molecule has 0 heterocycles. The number of hydrogen-bond donors (Lipinski definition) is 0. The first-order valence-corrected chi connectivity index (χ1v) is 4.42. The largest absolute Gasteiger partial charge is 0.251 e. The summed E-state index contributed by atoms with van der Waals surface area (Å²) in [7, 11) is 0. The first-order valence-electron chi connectivity index (χ1n) is 4.42. The van der Waals surface area contributed by atoms with E-state index in [1.165, 1.54) is 19.3 Å². The van der Waals surface area contributed by atoms with Crippen molar-refractivity contribution >= 4 is 0 Å². The molecule has 1 heteroatoms. The van der Waals surface area contributed by atoms with Crippen LogP contribution in [0.1, 0.15) is 39.0 Å². The van der Waals surface area contributed by atoms with Gasteiger partial charge in [0, 0.05) is 0 Å². The topological polar surface area (TPSA) is 0 Å². The van der Waals surface area contributed by atoms with Crippen LogP contribution in [0.15, 0.2) is 0 Å². The summed E-state index contributed by atoms with van der Waals surface area (Å²) in [6.07, 6.45) is 6.10. The molecule has 10 heavy (non-hydrogen) atoms. The molecule has 1 fully saturated rings. The molecule has 60 valence electrons. The van der Waals surface area contributed by atoms with E-state index < -0.39 is 0 Å². The highest BCUT2D eigenvalue weighted by Gasteiger charge is 2.19. The predicted octanol–water partition coefficient (Wildman–Crippen LogP) is 3.17. The van der Waals surface area contributed by atoms with Crippen molar-refractivity contribution in [1.82, 2.24) is 0 Å². The Morgan fingerprint density at radius 3 is 2.00 bits per heavy atom. The summed E-state index contributed by atoms with van der Waals surface area (Å²) in [5, 5.41) is 0. The van der Waals surface area contributed by atoms with Crippen molar-refractivity contribution in [3.05, 3.63) is 0 Å². The zero-order valence-electron chi connectivity index (χ0n) is 6.78. The van der Waals surface area contributed by atoms with E-state index in [1.807, 2.05) is 0 Å². The van der Waals surface area contributed by atoms with E-state index >= 15 is 0 Å². The first kappa shape index (κ1) is 8.03. The van der Waals surface area contributed by atoms with E-state index in [-0.39, 0.29) is 6.67 Å². The Balaban J connectivity index is 2.17. The third-order valence-electron chi connectivity index (χ3n) is 2.76. The smallest absolute Gasteiger partial charge is 0.0922 e. The number of rotatable bonds is 2. The molecule has 0 spiro atoms. The Hall–Kier alpha value is -0.0700. The van der Waals surface area contributed by atoms with Crippen molar-refractivity contribution in [3.8, 4) is 0 Å². The van der Waals surface area contributed by atoms with Gasteiger partial charge in [-0.2, -0.15) is 0 Å². The van der Waals surface area contributed by atoms with Crippen molar-refractivity contribution in [2.45, 2.75) is 39.0 Å². The minimum Gasteiger partial charge on any atom is -0.251 e. The molecule has 0 unspecified atom stereocenters. The lowest BCUT2D eigenvalue weighted by Crippen LogP contribution is -2.14. The molecule has 1 aliphatic rings. The van der Waals surface area contributed by atoms with Gasteiger partial charge < -0.3 is 0 Å². The van der Waals surface area contributed by atoms with E-state index in [4.69, 9.17) is 0 Å². The lowest BCUT2D eigenvalue weighted by Gasteiger charge is -2.25. The molecule has 0 N–H and O–H groups in total. The van der Waals surface area contributed by atoms with Gasteiger partial charge in [0.15, 0.2) is 0 Å². The Kier molecular flexibility index (Phi) is 3.17. The van der Waals surface area contributed by atoms with Gasteiger partial charge in [-0.15, -0.1) is 0 Å². The van der Waals surface area contributed by atoms with Crippen molar-refractivity contribution in [2.24, 2.45) is 11.8 Å². The fourth-order valence-electron chi connectivity index (χ4n) is 1.79. The van der Waals surface area contributed by atoms with Crippen LogP contribution in [0, 0.1) is 11.8 Å². The SMILES string of the molecule is CC[C@H]1CC[C@H](CF)CC1. The zero-order valence-corrected chi connectivity index (χ0v) is 6.78. The molecule has 0 aromatic rings. The lowest BCUT2D eigenvalue weighted by atomic mass is 9.81. The second-order valence-corrected chi connectivity index (χ2v) is 3.45. The van der Waals surface area contributed by atoms with Gasteiger partial charge in [-0.3, -0.25) is 4.39 Å². The molecule has 1 rings (SSSR count). The minimum absolute atomic E-state index is 0.0869. The summed E-state index contributed by atoms with van der Waals surface area (Å²) in [4.78, 5) is 0. The summed E-state index contributed by atoms with van der Waals surface area (Å²) in [6.45, 7) is 2.15. The van der Waals surface area contributed by atoms with Gasteiger partial charge in [-0.1, -0.05) is 26.2 Å². The number of alkyl halides is 1. The molecule has 0 aliphatic heterocycles. The summed E-state index contributed by atoms with van der Waals surface area (Å²) >= 11 is 0. The maximum absolute atomic E-state index is 12.1. The Labute approximate surface area is 62.8 Å². The molecule has 0 radical (unpaired) electrons. The maximum atomic E-state index is 12.1. The van der Waals surface area contributed by atoms with Gasteiger partial charge in [-0.25, -0.2) is 0 Å². The van der Waals surface area contributed by atoms with Crippen LogP contribution in [0.5, 0.6) is 0 Å². The quantitative estimate of drug-likeness (QED) is 0.558. The normalized spacial score (nSPS) is 34.2. The highest BCUT2D eigenvalue weighted by atomic mass is 19.1. The van der Waals surface area contributed by atoms with Crippen molar-refractivity contribution in [1.29, 1.82) is 0 Å². The highest BCUT2D eigenvalue weighted by Crippen LogP contribution is 2.30. The van der Waals surface area contributed by atoms with E-state index in [0.717, 1.165) is 18.8 Å². The predicted molar refractivity (Wildman–Crippen MR) is 41.7 cm³/mol. The van der Waals surface area contributed by atoms with Gasteiger partial charge in [0.1, 0.15) is 0 Å². The van der Waals surface area contributed by atoms with Gasteiger partial charge in [0.2, 0.25) is 0 Å². The third kappa shape index (κ3) is 1.96. The van der Waals surface area contributed by atoms with Crippen molar-refractivity contribution in [2.75, 3.05) is 6.67 Å². The molecule has 0 atom stereocenters. The molecule has 0 amide bonds. The monoisotopic (exact) mass is 144 g/mol. The second kappa shape index (κ2) is 3.95. The van der Waals surface area contributed by atoms with Gasteiger partial charge in [-0.05, 0) is 24.7 Å². The standard InChI is InChI=1S/C9H17F/c1-2-8-3-5-9(7-10)6-4-8/h8-9H,2-7H2,1H3/t8-,9-. The summed E-state index contributed by atoms with van der Waals surface area (Å²) < 4.78 is 12.1. The molecule has 0 bridgehead atoms. The maximum Gasteiger partial charge on any atom is 0.0922 e. The minimum atomic E-state index is -0.0869. The fraction of sp³-hybridized carbons (Fsp3) is 1.00. The Bertz CT molecular complexity index is 70.7.